The van der Waals surface area contributed by atoms with Gasteiger partial charge in [0, 0.05) is 6.04 Å². The maximum atomic E-state index is 12.2. The van der Waals surface area contributed by atoms with Crippen LogP contribution in [0.15, 0.2) is 24.3 Å². The Morgan fingerprint density at radius 1 is 1.29 bits per heavy atom. The minimum Gasteiger partial charge on any atom is -0.492 e. The molecular weight excluding hydrogens is 264 g/mol. The van der Waals surface area contributed by atoms with Crippen LogP contribution in [0.4, 0.5) is 5.69 Å². The maximum Gasteiger partial charge on any atom is 0.238 e. The molecule has 0 radical (unpaired) electrons. The van der Waals surface area contributed by atoms with E-state index in [2.05, 4.69) is 10.2 Å². The summed E-state index contributed by atoms with van der Waals surface area (Å²) in [6, 6.07) is 8.12. The molecule has 0 aromatic heterocycles. The van der Waals surface area contributed by atoms with E-state index in [0.717, 1.165) is 11.4 Å². The fourth-order valence-corrected chi connectivity index (χ4v) is 2.92. The molecule has 0 saturated heterocycles. The molecule has 1 aromatic carbocycles. The second kappa shape index (κ2) is 8.03. The fraction of sp³-hybridized carbons (Fsp3) is 0.588. The lowest BCUT2D eigenvalue weighted by Crippen LogP contribution is -2.39. The van der Waals surface area contributed by atoms with Gasteiger partial charge in [-0.05, 0) is 38.9 Å². The third-order valence-corrected chi connectivity index (χ3v) is 4.05. The van der Waals surface area contributed by atoms with Gasteiger partial charge in [-0.3, -0.25) is 9.69 Å². The van der Waals surface area contributed by atoms with E-state index in [1.54, 1.807) is 0 Å². The molecule has 21 heavy (non-hydrogen) atoms. The highest BCUT2D eigenvalue weighted by molar-refractivity contribution is 5.93. The summed E-state index contributed by atoms with van der Waals surface area (Å²) in [5, 5.41) is 2.96. The van der Waals surface area contributed by atoms with Gasteiger partial charge in [0.15, 0.2) is 0 Å². The number of carbonyl (C=O) groups excluding carboxylic acids is 1. The molecule has 0 atom stereocenters. The van der Waals surface area contributed by atoms with Gasteiger partial charge in [-0.1, -0.05) is 31.4 Å². The second-order valence-electron chi connectivity index (χ2n) is 5.68. The van der Waals surface area contributed by atoms with E-state index in [1.807, 2.05) is 38.2 Å². The van der Waals surface area contributed by atoms with E-state index in [0.29, 0.717) is 19.2 Å². The lowest BCUT2D eigenvalue weighted by atomic mass is 9.94. The molecule has 1 amide bonds. The monoisotopic (exact) mass is 290 g/mol. The van der Waals surface area contributed by atoms with Crippen LogP contribution in [0.2, 0.25) is 0 Å². The van der Waals surface area contributed by atoms with E-state index in [1.165, 1.54) is 32.1 Å². The van der Waals surface area contributed by atoms with E-state index < -0.39 is 0 Å². The summed E-state index contributed by atoms with van der Waals surface area (Å²) < 4.78 is 5.53. The van der Waals surface area contributed by atoms with Crippen molar-refractivity contribution >= 4 is 11.6 Å². The molecule has 1 aliphatic carbocycles. The van der Waals surface area contributed by atoms with Crippen LogP contribution in [-0.4, -0.2) is 37.0 Å². The van der Waals surface area contributed by atoms with Gasteiger partial charge in [-0.2, -0.15) is 0 Å². The zero-order valence-corrected chi connectivity index (χ0v) is 13.1. The van der Waals surface area contributed by atoms with E-state index in [-0.39, 0.29) is 5.91 Å². The molecule has 1 saturated carbocycles. The average Bonchev–Trinajstić information content (AvgIpc) is 2.50. The Morgan fingerprint density at radius 2 is 2.00 bits per heavy atom. The summed E-state index contributed by atoms with van der Waals surface area (Å²) in [6.07, 6.45) is 6.31. The number of hydrogen-bond acceptors (Lipinski definition) is 3. The predicted octanol–water partition coefficient (Wildman–Crippen LogP) is 3.29. The normalized spacial score (nSPS) is 16.0. The first-order valence-electron chi connectivity index (χ1n) is 7.92. The maximum absolute atomic E-state index is 12.2. The summed E-state index contributed by atoms with van der Waals surface area (Å²) in [5.74, 6) is 0.754. The molecule has 0 unspecified atom stereocenters. The SMILES string of the molecule is CCOc1ccccc1NC(=O)CN(C)C1CCCCC1. The smallest absolute Gasteiger partial charge is 0.238 e. The van der Waals surface area contributed by atoms with Crippen molar-refractivity contribution in [1.82, 2.24) is 4.90 Å². The van der Waals surface area contributed by atoms with Crippen LogP contribution in [-0.2, 0) is 4.79 Å². The number of likely N-dealkylation sites (N-methyl/N-ethyl adjacent to an activating group) is 1. The Bertz CT molecular complexity index is 456. The van der Waals surface area contributed by atoms with Crippen LogP contribution < -0.4 is 10.1 Å². The quantitative estimate of drug-likeness (QED) is 0.874. The van der Waals surface area contributed by atoms with Gasteiger partial charge in [0.25, 0.3) is 0 Å². The molecule has 1 N–H and O–H groups in total. The van der Waals surface area contributed by atoms with Crippen LogP contribution in [0.3, 0.4) is 0 Å². The number of benzene rings is 1. The van der Waals surface area contributed by atoms with Gasteiger partial charge < -0.3 is 10.1 Å². The van der Waals surface area contributed by atoms with Crippen LogP contribution in [0.1, 0.15) is 39.0 Å². The summed E-state index contributed by atoms with van der Waals surface area (Å²) >= 11 is 0. The molecule has 4 nitrogen and oxygen atoms in total. The standard InChI is InChI=1S/C17H26N2O2/c1-3-21-16-12-8-7-11-15(16)18-17(20)13-19(2)14-9-5-4-6-10-14/h7-8,11-12,14H,3-6,9-10,13H2,1-2H3,(H,18,20). The zero-order valence-electron chi connectivity index (χ0n) is 13.1. The first kappa shape index (κ1) is 15.8. The van der Waals surface area contributed by atoms with Crippen LogP contribution >= 0.6 is 0 Å². The Kier molecular flexibility index (Phi) is 6.05. The highest BCUT2D eigenvalue weighted by Crippen LogP contribution is 2.24. The summed E-state index contributed by atoms with van der Waals surface area (Å²) in [7, 11) is 2.05. The van der Waals surface area contributed by atoms with Crippen molar-refractivity contribution in [3.63, 3.8) is 0 Å². The molecule has 4 heteroatoms. The topological polar surface area (TPSA) is 41.6 Å². The first-order valence-corrected chi connectivity index (χ1v) is 7.92. The fourth-order valence-electron chi connectivity index (χ4n) is 2.92. The Labute approximate surface area is 127 Å². The van der Waals surface area contributed by atoms with Crippen molar-refractivity contribution in [1.29, 1.82) is 0 Å². The molecule has 2 rings (SSSR count). The van der Waals surface area contributed by atoms with Crippen LogP contribution in [0.25, 0.3) is 0 Å². The number of amides is 1. The lowest BCUT2D eigenvalue weighted by Gasteiger charge is -2.30. The van der Waals surface area contributed by atoms with Gasteiger partial charge >= 0.3 is 0 Å². The van der Waals surface area contributed by atoms with Crippen LogP contribution in [0.5, 0.6) is 5.75 Å². The molecule has 1 aliphatic rings. The molecule has 116 valence electrons. The van der Waals surface area contributed by atoms with Crippen molar-refractivity contribution in [2.75, 3.05) is 25.5 Å². The van der Waals surface area contributed by atoms with Crippen molar-refractivity contribution < 1.29 is 9.53 Å². The third-order valence-electron chi connectivity index (χ3n) is 4.05. The van der Waals surface area contributed by atoms with Crippen molar-refractivity contribution in [3.05, 3.63) is 24.3 Å². The molecule has 1 fully saturated rings. The Morgan fingerprint density at radius 3 is 2.71 bits per heavy atom. The lowest BCUT2D eigenvalue weighted by molar-refractivity contribution is -0.117. The Balaban J connectivity index is 1.89. The summed E-state index contributed by atoms with van der Waals surface area (Å²) in [4.78, 5) is 14.4. The average molecular weight is 290 g/mol. The van der Waals surface area contributed by atoms with E-state index in [9.17, 15) is 4.79 Å². The largest absolute Gasteiger partial charge is 0.492 e. The minimum atomic E-state index is 0.0234. The number of anilines is 1. The van der Waals surface area contributed by atoms with Gasteiger partial charge in [0.05, 0.1) is 18.8 Å². The van der Waals surface area contributed by atoms with Crippen molar-refractivity contribution in [2.24, 2.45) is 0 Å². The first-order chi connectivity index (χ1) is 10.2. The predicted molar refractivity (Wildman–Crippen MR) is 85.7 cm³/mol. The molecule has 1 aromatic rings. The number of carbonyl (C=O) groups is 1. The molecule has 0 spiro atoms. The molecular formula is C17H26N2O2. The van der Waals surface area contributed by atoms with Gasteiger partial charge in [0.1, 0.15) is 5.75 Å². The molecule has 0 bridgehead atoms. The van der Waals surface area contributed by atoms with Gasteiger partial charge in [0.2, 0.25) is 5.91 Å². The highest BCUT2D eigenvalue weighted by atomic mass is 16.5. The van der Waals surface area contributed by atoms with Gasteiger partial charge in [-0.25, -0.2) is 0 Å². The second-order valence-corrected chi connectivity index (χ2v) is 5.68. The number of ether oxygens (including phenoxy) is 1. The van der Waals surface area contributed by atoms with Crippen molar-refractivity contribution in [2.45, 2.75) is 45.1 Å². The summed E-state index contributed by atoms with van der Waals surface area (Å²) in [6.45, 7) is 2.97. The molecule has 0 heterocycles. The molecule has 0 aliphatic heterocycles. The van der Waals surface area contributed by atoms with Crippen LogP contribution in [0, 0.1) is 0 Å². The van der Waals surface area contributed by atoms with E-state index in [4.69, 9.17) is 4.74 Å². The number of nitrogens with one attached hydrogen (secondary N) is 1. The number of para-hydroxylation sites is 2. The van der Waals surface area contributed by atoms with Crippen molar-refractivity contribution in [3.8, 4) is 5.75 Å². The zero-order chi connectivity index (χ0) is 15.1. The van der Waals surface area contributed by atoms with Gasteiger partial charge in [-0.15, -0.1) is 0 Å². The number of hydrogen-bond donors (Lipinski definition) is 1. The third kappa shape index (κ3) is 4.74. The minimum absolute atomic E-state index is 0.0234. The number of rotatable bonds is 6. The number of nitrogens with zero attached hydrogens (tertiary/aromatic N) is 1. The highest BCUT2D eigenvalue weighted by Gasteiger charge is 2.20. The Hall–Kier alpha value is -1.55. The summed E-state index contributed by atoms with van der Waals surface area (Å²) in [5.41, 5.74) is 0.751. The van der Waals surface area contributed by atoms with E-state index >= 15 is 0 Å².